The number of carbonyl (C=O) groups is 1. The molecule has 0 spiro atoms. The molecule has 6 heteroatoms. The normalized spacial score (nSPS) is 17.3. The lowest BCUT2D eigenvalue weighted by molar-refractivity contribution is 0.0784. The zero-order valence-corrected chi connectivity index (χ0v) is 16.8. The molecule has 1 unspecified atom stereocenters. The minimum Gasteiger partial charge on any atom is -0.338 e. The molecule has 1 aliphatic rings. The second kappa shape index (κ2) is 7.80. The summed E-state index contributed by atoms with van der Waals surface area (Å²) in [4.78, 5) is 17.1. The Morgan fingerprint density at radius 3 is 2.58 bits per heavy atom. The minimum absolute atomic E-state index is 0.115. The second-order valence-electron chi connectivity index (χ2n) is 7.20. The van der Waals surface area contributed by atoms with Gasteiger partial charge in [0.15, 0.2) is 0 Å². The van der Waals surface area contributed by atoms with Crippen LogP contribution in [0, 0.1) is 19.8 Å². The van der Waals surface area contributed by atoms with Crippen molar-refractivity contribution in [1.82, 2.24) is 19.6 Å². The first-order valence-electron chi connectivity index (χ1n) is 9.20. The Morgan fingerprint density at radius 2 is 2.00 bits per heavy atom. The maximum Gasteiger partial charge on any atom is 0.253 e. The van der Waals surface area contributed by atoms with Crippen LogP contribution in [-0.4, -0.2) is 58.7 Å². The first kappa shape index (κ1) is 18.9. The van der Waals surface area contributed by atoms with Crippen molar-refractivity contribution in [3.05, 3.63) is 46.2 Å². The number of aromatic nitrogens is 2. The Morgan fingerprint density at radius 1 is 1.31 bits per heavy atom. The molecule has 2 heterocycles. The van der Waals surface area contributed by atoms with Crippen LogP contribution in [0.3, 0.4) is 0 Å². The van der Waals surface area contributed by atoms with E-state index in [4.69, 9.17) is 11.6 Å². The van der Waals surface area contributed by atoms with Gasteiger partial charge >= 0.3 is 0 Å². The van der Waals surface area contributed by atoms with E-state index >= 15 is 0 Å². The van der Waals surface area contributed by atoms with Crippen molar-refractivity contribution in [2.24, 2.45) is 5.92 Å². The van der Waals surface area contributed by atoms with Crippen molar-refractivity contribution in [3.63, 3.8) is 0 Å². The highest BCUT2D eigenvalue weighted by atomic mass is 35.5. The van der Waals surface area contributed by atoms with Crippen molar-refractivity contribution in [2.45, 2.75) is 27.2 Å². The number of carbonyl (C=O) groups excluding carboxylic acids is 1. The third-order valence-electron chi connectivity index (χ3n) is 5.24. The molecule has 3 rings (SSSR count). The summed E-state index contributed by atoms with van der Waals surface area (Å²) >= 11 is 6.23. The molecule has 5 nitrogen and oxygen atoms in total. The highest BCUT2D eigenvalue weighted by Crippen LogP contribution is 2.23. The topological polar surface area (TPSA) is 41.4 Å². The SMILES string of the molecule is CCN(C)CC1CCN(C(=O)c2ccc(-n3nc(C)c(Cl)c3C)cc2)C1. The van der Waals surface area contributed by atoms with Gasteiger partial charge in [0, 0.05) is 25.2 Å². The Bertz CT molecular complexity index is 784. The van der Waals surface area contributed by atoms with Crippen molar-refractivity contribution in [1.29, 1.82) is 0 Å². The maximum atomic E-state index is 12.8. The Hall–Kier alpha value is -1.85. The van der Waals surface area contributed by atoms with Gasteiger partial charge in [-0.2, -0.15) is 5.10 Å². The average molecular weight is 375 g/mol. The lowest BCUT2D eigenvalue weighted by Gasteiger charge is -2.20. The fraction of sp³-hybridized carbons (Fsp3) is 0.500. The molecule has 0 aliphatic carbocycles. The van der Waals surface area contributed by atoms with Gasteiger partial charge in [0.1, 0.15) is 0 Å². The van der Waals surface area contributed by atoms with Gasteiger partial charge in [0.05, 0.1) is 22.1 Å². The summed E-state index contributed by atoms with van der Waals surface area (Å²) in [5.41, 5.74) is 3.36. The summed E-state index contributed by atoms with van der Waals surface area (Å²) in [6.07, 6.45) is 1.08. The van der Waals surface area contributed by atoms with Crippen LogP contribution in [0.25, 0.3) is 5.69 Å². The molecule has 0 bridgehead atoms. The number of amides is 1. The van der Waals surface area contributed by atoms with E-state index in [2.05, 4.69) is 24.0 Å². The molecule has 1 fully saturated rings. The van der Waals surface area contributed by atoms with Crippen molar-refractivity contribution >= 4 is 17.5 Å². The lowest BCUT2D eigenvalue weighted by Crippen LogP contribution is -2.31. The largest absolute Gasteiger partial charge is 0.338 e. The molecule has 1 saturated heterocycles. The van der Waals surface area contributed by atoms with Gasteiger partial charge in [-0.3, -0.25) is 4.79 Å². The molecule has 140 valence electrons. The number of aryl methyl sites for hydroxylation is 1. The highest BCUT2D eigenvalue weighted by Gasteiger charge is 2.27. The molecule has 26 heavy (non-hydrogen) atoms. The molecule has 1 aromatic heterocycles. The summed E-state index contributed by atoms with van der Waals surface area (Å²) in [6, 6.07) is 7.63. The Balaban J connectivity index is 1.69. The summed E-state index contributed by atoms with van der Waals surface area (Å²) in [6.45, 7) is 9.78. The van der Waals surface area contributed by atoms with Gasteiger partial charge in [-0.05, 0) is 64.0 Å². The zero-order valence-electron chi connectivity index (χ0n) is 16.0. The van der Waals surface area contributed by atoms with Crippen LogP contribution >= 0.6 is 11.6 Å². The molecule has 0 saturated carbocycles. The van der Waals surface area contributed by atoms with Gasteiger partial charge in [0.25, 0.3) is 5.91 Å². The van der Waals surface area contributed by atoms with Crippen LogP contribution < -0.4 is 0 Å². The van der Waals surface area contributed by atoms with E-state index in [1.807, 2.05) is 47.7 Å². The van der Waals surface area contributed by atoms with Crippen molar-refractivity contribution in [2.75, 3.05) is 33.2 Å². The van der Waals surface area contributed by atoms with Crippen molar-refractivity contribution in [3.8, 4) is 5.69 Å². The molecule has 1 aliphatic heterocycles. The molecule has 1 aromatic carbocycles. The van der Waals surface area contributed by atoms with Crippen molar-refractivity contribution < 1.29 is 4.79 Å². The monoisotopic (exact) mass is 374 g/mol. The van der Waals surface area contributed by atoms with Crippen LogP contribution in [0.15, 0.2) is 24.3 Å². The van der Waals surface area contributed by atoms with E-state index in [9.17, 15) is 4.79 Å². The number of hydrogen-bond acceptors (Lipinski definition) is 3. The number of benzene rings is 1. The van der Waals surface area contributed by atoms with Gasteiger partial charge in [-0.25, -0.2) is 4.68 Å². The Kier molecular flexibility index (Phi) is 5.68. The summed E-state index contributed by atoms with van der Waals surface area (Å²) in [5, 5.41) is 5.15. The maximum absolute atomic E-state index is 12.8. The van der Waals surface area contributed by atoms with Gasteiger partial charge < -0.3 is 9.80 Å². The third-order valence-corrected chi connectivity index (χ3v) is 5.79. The van der Waals surface area contributed by atoms with E-state index in [0.29, 0.717) is 10.9 Å². The van der Waals surface area contributed by atoms with Crippen LogP contribution in [0.5, 0.6) is 0 Å². The summed E-state index contributed by atoms with van der Waals surface area (Å²) < 4.78 is 1.82. The zero-order chi connectivity index (χ0) is 18.8. The van der Waals surface area contributed by atoms with Gasteiger partial charge in [0.2, 0.25) is 0 Å². The van der Waals surface area contributed by atoms with Crippen LogP contribution in [0.1, 0.15) is 35.1 Å². The number of likely N-dealkylation sites (tertiary alicyclic amines) is 1. The fourth-order valence-corrected chi connectivity index (χ4v) is 3.66. The standard InChI is InChI=1S/C20H27ClN4O/c1-5-23(4)12-16-10-11-24(13-16)20(26)17-6-8-18(9-7-17)25-15(3)19(21)14(2)22-25/h6-9,16H,5,10-13H2,1-4H3. The lowest BCUT2D eigenvalue weighted by atomic mass is 10.1. The summed E-state index contributed by atoms with van der Waals surface area (Å²) in [7, 11) is 2.13. The molecule has 1 atom stereocenters. The molecule has 0 radical (unpaired) electrons. The predicted octanol–water partition coefficient (Wildman–Crippen LogP) is 3.56. The van der Waals surface area contributed by atoms with Gasteiger partial charge in [-0.1, -0.05) is 18.5 Å². The van der Waals surface area contributed by atoms with E-state index in [1.165, 1.54) is 0 Å². The number of nitrogens with zero attached hydrogens (tertiary/aromatic N) is 4. The second-order valence-corrected chi connectivity index (χ2v) is 7.58. The number of hydrogen-bond donors (Lipinski definition) is 0. The average Bonchev–Trinajstić information content (AvgIpc) is 3.21. The van der Waals surface area contributed by atoms with Crippen LogP contribution in [0.2, 0.25) is 5.02 Å². The third kappa shape index (κ3) is 3.79. The number of rotatable bonds is 5. The minimum atomic E-state index is 0.115. The predicted molar refractivity (Wildman–Crippen MR) is 105 cm³/mol. The first-order chi connectivity index (χ1) is 12.4. The highest BCUT2D eigenvalue weighted by molar-refractivity contribution is 6.31. The molecular weight excluding hydrogens is 348 g/mol. The number of halogens is 1. The Labute approximate surface area is 160 Å². The van der Waals surface area contributed by atoms with E-state index in [-0.39, 0.29) is 5.91 Å². The van der Waals surface area contributed by atoms with E-state index in [1.54, 1.807) is 0 Å². The molecule has 1 amide bonds. The molecule has 2 aromatic rings. The fourth-order valence-electron chi connectivity index (χ4n) is 3.54. The summed E-state index contributed by atoms with van der Waals surface area (Å²) in [5.74, 6) is 0.685. The smallest absolute Gasteiger partial charge is 0.253 e. The molecular formula is C20H27ClN4O. The van der Waals surface area contributed by atoms with E-state index < -0.39 is 0 Å². The first-order valence-corrected chi connectivity index (χ1v) is 9.58. The van der Waals surface area contributed by atoms with E-state index in [0.717, 1.165) is 55.2 Å². The molecule has 0 N–H and O–H groups in total. The van der Waals surface area contributed by atoms with Crippen LogP contribution in [-0.2, 0) is 0 Å². The van der Waals surface area contributed by atoms with Gasteiger partial charge in [-0.15, -0.1) is 0 Å². The van der Waals surface area contributed by atoms with Crippen LogP contribution in [0.4, 0.5) is 0 Å². The quantitative estimate of drug-likeness (QED) is 0.803.